The van der Waals surface area contributed by atoms with Gasteiger partial charge >= 0.3 is 5.69 Å². The molecule has 1 heterocycles. The van der Waals surface area contributed by atoms with E-state index in [2.05, 4.69) is 16.4 Å². The molecular weight excluding hydrogens is 388 g/mol. The van der Waals surface area contributed by atoms with E-state index >= 15 is 0 Å². The van der Waals surface area contributed by atoms with Gasteiger partial charge in [0.15, 0.2) is 0 Å². The number of benzene rings is 2. The molecule has 0 radical (unpaired) electrons. The minimum Gasteiger partial charge on any atom is -0.391 e. The van der Waals surface area contributed by atoms with Crippen LogP contribution in [0, 0.1) is 11.3 Å². The summed E-state index contributed by atoms with van der Waals surface area (Å²) in [4.78, 5) is 17.3. The Hall–Kier alpha value is -2.88. The van der Waals surface area contributed by atoms with Crippen LogP contribution >= 0.6 is 11.6 Å². The number of hydrogen-bond donors (Lipinski definition) is 2. The van der Waals surface area contributed by atoms with Gasteiger partial charge in [0.25, 0.3) is 0 Å². The van der Waals surface area contributed by atoms with Crippen molar-refractivity contribution in [3.8, 4) is 11.8 Å². The van der Waals surface area contributed by atoms with Crippen LogP contribution in [0.2, 0.25) is 5.02 Å². The Balaban J connectivity index is 1.80. The van der Waals surface area contributed by atoms with Crippen molar-refractivity contribution in [1.29, 1.82) is 5.26 Å². The molecule has 2 aromatic carbocycles. The van der Waals surface area contributed by atoms with E-state index in [1.165, 1.54) is 4.57 Å². The number of anilines is 1. The molecule has 29 heavy (non-hydrogen) atoms. The molecular formula is C22H19ClN4O2. The van der Waals surface area contributed by atoms with Crippen LogP contribution in [0.3, 0.4) is 0 Å². The normalized spacial score (nSPS) is 20.9. The summed E-state index contributed by atoms with van der Waals surface area (Å²) in [6.07, 6.45) is 3.16. The van der Waals surface area contributed by atoms with E-state index in [1.54, 1.807) is 18.2 Å². The van der Waals surface area contributed by atoms with Crippen molar-refractivity contribution >= 4 is 28.3 Å². The maximum absolute atomic E-state index is 13.1. The van der Waals surface area contributed by atoms with Crippen LogP contribution in [0.15, 0.2) is 41.2 Å². The van der Waals surface area contributed by atoms with Crippen LogP contribution in [-0.2, 0) is 0 Å². The zero-order chi connectivity index (χ0) is 20.1. The number of hydrogen-bond acceptors (Lipinski definition) is 5. The lowest BCUT2D eigenvalue weighted by Crippen LogP contribution is -2.43. The molecule has 2 fully saturated rings. The quantitative estimate of drug-likeness (QED) is 0.689. The highest BCUT2D eigenvalue weighted by atomic mass is 35.5. The molecule has 0 unspecified atom stereocenters. The van der Waals surface area contributed by atoms with E-state index in [-0.39, 0.29) is 6.04 Å². The van der Waals surface area contributed by atoms with Gasteiger partial charge in [-0.3, -0.25) is 4.57 Å². The zero-order valence-electron chi connectivity index (χ0n) is 15.6. The van der Waals surface area contributed by atoms with Gasteiger partial charge in [-0.25, -0.2) is 4.79 Å². The highest BCUT2D eigenvalue weighted by Crippen LogP contribution is 2.43. The van der Waals surface area contributed by atoms with Crippen molar-refractivity contribution < 1.29 is 5.11 Å². The molecule has 0 saturated heterocycles. The lowest BCUT2D eigenvalue weighted by atomic mass is 9.89. The topological polar surface area (TPSA) is 90.9 Å². The van der Waals surface area contributed by atoms with Crippen LogP contribution in [0.4, 0.5) is 5.82 Å². The summed E-state index contributed by atoms with van der Waals surface area (Å²) in [6.45, 7) is 0. The lowest BCUT2D eigenvalue weighted by Gasteiger charge is -2.33. The molecule has 6 nitrogen and oxygen atoms in total. The first-order valence-corrected chi connectivity index (χ1v) is 10.1. The summed E-state index contributed by atoms with van der Waals surface area (Å²) in [5.74, 6) is 0.748. The van der Waals surface area contributed by atoms with E-state index in [1.807, 2.05) is 18.2 Å². The number of nitriles is 1. The number of rotatable bonds is 4. The van der Waals surface area contributed by atoms with Crippen LogP contribution in [0.1, 0.15) is 42.7 Å². The SMILES string of the molecule is N#Cc1cc2c(N[C@H]3CC[C@@H]3O)nc(=O)n(-c3ccccc3Cl)c2cc1C1CC1. The molecule has 1 aromatic heterocycles. The monoisotopic (exact) mass is 406 g/mol. The second-order valence-electron chi connectivity index (χ2n) is 7.77. The van der Waals surface area contributed by atoms with Gasteiger partial charge in [-0.1, -0.05) is 23.7 Å². The van der Waals surface area contributed by atoms with Gasteiger partial charge in [-0.05, 0) is 61.4 Å². The van der Waals surface area contributed by atoms with Gasteiger partial charge < -0.3 is 10.4 Å². The maximum atomic E-state index is 13.1. The molecule has 0 bridgehead atoms. The average Bonchev–Trinajstić information content (AvgIpc) is 3.56. The Morgan fingerprint density at radius 1 is 1.21 bits per heavy atom. The number of fused-ring (bicyclic) bond motifs is 1. The van der Waals surface area contributed by atoms with Crippen LogP contribution in [-0.4, -0.2) is 26.8 Å². The van der Waals surface area contributed by atoms with E-state index in [9.17, 15) is 15.2 Å². The first-order chi connectivity index (χ1) is 14.1. The molecule has 3 aromatic rings. The molecule has 146 valence electrons. The minimum absolute atomic E-state index is 0.144. The number of nitrogens with one attached hydrogen (secondary N) is 1. The number of halogens is 1. The number of nitrogens with zero attached hydrogens (tertiary/aromatic N) is 3. The highest BCUT2D eigenvalue weighted by molar-refractivity contribution is 6.32. The van der Waals surface area contributed by atoms with E-state index in [4.69, 9.17) is 11.6 Å². The second kappa shape index (κ2) is 6.87. The highest BCUT2D eigenvalue weighted by Gasteiger charge is 2.31. The summed E-state index contributed by atoms with van der Waals surface area (Å²) in [7, 11) is 0. The van der Waals surface area contributed by atoms with Crippen molar-refractivity contribution in [2.24, 2.45) is 0 Å². The van der Waals surface area contributed by atoms with Crippen LogP contribution in [0.25, 0.3) is 16.6 Å². The molecule has 2 atom stereocenters. The number of aliphatic hydroxyl groups is 1. The third kappa shape index (κ3) is 3.07. The summed E-state index contributed by atoms with van der Waals surface area (Å²) in [5.41, 5.74) is 2.33. The molecule has 5 rings (SSSR count). The largest absolute Gasteiger partial charge is 0.391 e. The van der Waals surface area contributed by atoms with E-state index in [0.717, 1.165) is 31.2 Å². The van der Waals surface area contributed by atoms with Crippen LogP contribution < -0.4 is 11.0 Å². The third-order valence-corrected chi connectivity index (χ3v) is 6.17. The number of para-hydroxylation sites is 1. The second-order valence-corrected chi connectivity index (χ2v) is 8.18. The Labute approximate surface area is 172 Å². The standard InChI is InChI=1S/C22H19ClN4O2/c23-16-3-1-2-4-18(16)27-19-10-14(12-5-6-12)13(11-24)9-15(19)21(26-22(27)29)25-17-7-8-20(17)28/h1-4,9-10,12,17,20,28H,5-8H2,(H,25,26,29)/t17-,20-/m0/s1. The molecule has 0 aliphatic heterocycles. The van der Waals surface area contributed by atoms with E-state index < -0.39 is 11.8 Å². The van der Waals surface area contributed by atoms with Gasteiger partial charge in [0.05, 0.1) is 40.0 Å². The Bertz CT molecular complexity index is 1230. The lowest BCUT2D eigenvalue weighted by molar-refractivity contribution is 0.0785. The molecule has 2 aliphatic rings. The summed E-state index contributed by atoms with van der Waals surface area (Å²) >= 11 is 6.39. The zero-order valence-corrected chi connectivity index (χ0v) is 16.4. The number of aromatic nitrogens is 2. The fraction of sp³-hybridized carbons (Fsp3) is 0.318. The van der Waals surface area contributed by atoms with Crippen LogP contribution in [0.5, 0.6) is 0 Å². The summed E-state index contributed by atoms with van der Waals surface area (Å²) in [5, 5.41) is 24.0. The summed E-state index contributed by atoms with van der Waals surface area (Å²) in [6, 6.07) is 13.0. The van der Waals surface area contributed by atoms with Crippen molar-refractivity contribution in [2.45, 2.75) is 43.7 Å². The Morgan fingerprint density at radius 2 is 2.00 bits per heavy atom. The van der Waals surface area contributed by atoms with Gasteiger partial charge in [-0.15, -0.1) is 0 Å². The molecule has 0 spiro atoms. The molecule has 2 aliphatic carbocycles. The van der Waals surface area contributed by atoms with Crippen molar-refractivity contribution in [3.63, 3.8) is 0 Å². The minimum atomic E-state index is -0.459. The smallest absolute Gasteiger partial charge is 0.354 e. The molecule has 0 amide bonds. The first-order valence-electron chi connectivity index (χ1n) is 9.77. The summed E-state index contributed by atoms with van der Waals surface area (Å²) < 4.78 is 1.51. The Morgan fingerprint density at radius 3 is 2.62 bits per heavy atom. The maximum Gasteiger partial charge on any atom is 0.354 e. The van der Waals surface area contributed by atoms with Gasteiger partial charge in [0, 0.05) is 5.39 Å². The molecule has 2 saturated carbocycles. The van der Waals surface area contributed by atoms with Gasteiger partial charge in [0.1, 0.15) is 5.82 Å². The first kappa shape index (κ1) is 18.2. The third-order valence-electron chi connectivity index (χ3n) is 5.85. The van der Waals surface area contributed by atoms with Gasteiger partial charge in [0.2, 0.25) is 0 Å². The predicted molar refractivity (Wildman–Crippen MR) is 112 cm³/mol. The van der Waals surface area contributed by atoms with Crippen molar-refractivity contribution in [2.75, 3.05) is 5.32 Å². The van der Waals surface area contributed by atoms with Gasteiger partial charge in [-0.2, -0.15) is 10.2 Å². The van der Waals surface area contributed by atoms with E-state index in [0.29, 0.717) is 38.9 Å². The van der Waals surface area contributed by atoms with Crippen molar-refractivity contribution in [3.05, 3.63) is 63.0 Å². The Kier molecular flexibility index (Phi) is 4.30. The molecule has 2 N–H and O–H groups in total. The van der Waals surface area contributed by atoms with Crippen molar-refractivity contribution in [1.82, 2.24) is 9.55 Å². The fourth-order valence-electron chi connectivity index (χ4n) is 3.92. The predicted octanol–water partition coefficient (Wildman–Crippen LogP) is 3.72. The fourth-order valence-corrected chi connectivity index (χ4v) is 4.14. The average molecular weight is 407 g/mol. The number of aliphatic hydroxyl groups excluding tert-OH is 1. The molecule has 7 heteroatoms.